The Bertz CT molecular complexity index is 609. The molecule has 0 N–H and O–H groups in total. The summed E-state index contributed by atoms with van der Waals surface area (Å²) in [5, 5.41) is 3.96. The van der Waals surface area contributed by atoms with Crippen molar-refractivity contribution in [3.8, 4) is 0 Å². The second kappa shape index (κ2) is 6.08. The van der Waals surface area contributed by atoms with Crippen molar-refractivity contribution in [3.05, 3.63) is 47.6 Å². The molecule has 0 aliphatic carbocycles. The average molecular weight is 285 g/mol. The summed E-state index contributed by atoms with van der Waals surface area (Å²) in [6.07, 6.45) is 7.48. The lowest BCUT2D eigenvalue weighted by Gasteiger charge is -2.28. The van der Waals surface area contributed by atoms with Gasteiger partial charge in [0.2, 0.25) is 0 Å². The van der Waals surface area contributed by atoms with E-state index in [9.17, 15) is 4.79 Å². The van der Waals surface area contributed by atoms with Crippen LogP contribution in [0, 0.1) is 6.92 Å². The van der Waals surface area contributed by atoms with E-state index in [4.69, 9.17) is 4.52 Å². The lowest BCUT2D eigenvalue weighted by Crippen LogP contribution is -2.34. The van der Waals surface area contributed by atoms with E-state index in [0.29, 0.717) is 5.56 Å². The Hall–Kier alpha value is -2.17. The maximum Gasteiger partial charge on any atom is 0.256 e. The quantitative estimate of drug-likeness (QED) is 0.850. The van der Waals surface area contributed by atoms with Crippen LogP contribution in [0.25, 0.3) is 0 Å². The zero-order valence-corrected chi connectivity index (χ0v) is 12.2. The molecule has 1 amide bonds. The summed E-state index contributed by atoms with van der Waals surface area (Å²) in [5.74, 6) is 0.802. The summed E-state index contributed by atoms with van der Waals surface area (Å²) in [6.45, 7) is 2.65. The van der Waals surface area contributed by atoms with Gasteiger partial charge in [-0.1, -0.05) is 18.0 Å². The Balaban J connectivity index is 1.90. The van der Waals surface area contributed by atoms with Crippen molar-refractivity contribution < 1.29 is 9.32 Å². The maximum atomic E-state index is 12.8. The summed E-state index contributed by atoms with van der Waals surface area (Å²) < 4.78 is 5.42. The van der Waals surface area contributed by atoms with Crippen molar-refractivity contribution >= 4 is 5.91 Å². The lowest BCUT2D eigenvalue weighted by molar-refractivity contribution is 0.0650. The molecule has 110 valence electrons. The SMILES string of the molecule is Cc1cc([C@@H]2CCCCCN2C(=O)c2cccnc2)on1. The Morgan fingerprint density at radius 1 is 1.38 bits per heavy atom. The van der Waals surface area contributed by atoms with Crippen LogP contribution in [0.2, 0.25) is 0 Å². The topological polar surface area (TPSA) is 59.2 Å². The number of aryl methyl sites for hydroxylation is 1. The molecule has 5 nitrogen and oxygen atoms in total. The zero-order chi connectivity index (χ0) is 14.7. The van der Waals surface area contributed by atoms with E-state index in [2.05, 4.69) is 10.1 Å². The Morgan fingerprint density at radius 2 is 2.29 bits per heavy atom. The molecule has 21 heavy (non-hydrogen) atoms. The van der Waals surface area contributed by atoms with Crippen LogP contribution in [0.1, 0.15) is 53.5 Å². The molecule has 3 rings (SSSR count). The van der Waals surface area contributed by atoms with Crippen LogP contribution in [-0.4, -0.2) is 27.5 Å². The normalized spacial score (nSPS) is 19.3. The Kier molecular flexibility index (Phi) is 3.99. The number of rotatable bonds is 2. The first kappa shape index (κ1) is 13.8. The van der Waals surface area contributed by atoms with Crippen LogP contribution in [0.15, 0.2) is 35.1 Å². The second-order valence-electron chi connectivity index (χ2n) is 5.48. The minimum absolute atomic E-state index is 0.0176. The third-order valence-electron chi connectivity index (χ3n) is 3.90. The van der Waals surface area contributed by atoms with Crippen molar-refractivity contribution in [2.24, 2.45) is 0 Å². The van der Waals surface area contributed by atoms with Gasteiger partial charge in [-0.25, -0.2) is 0 Å². The fourth-order valence-corrected chi connectivity index (χ4v) is 2.84. The Labute approximate surface area is 124 Å². The summed E-state index contributed by atoms with van der Waals surface area (Å²) in [7, 11) is 0. The van der Waals surface area contributed by atoms with Crippen molar-refractivity contribution in [1.82, 2.24) is 15.0 Å². The molecule has 1 aliphatic rings. The van der Waals surface area contributed by atoms with Crippen molar-refractivity contribution in [1.29, 1.82) is 0 Å². The summed E-state index contributed by atoms with van der Waals surface area (Å²) >= 11 is 0. The van der Waals surface area contributed by atoms with E-state index in [1.165, 1.54) is 0 Å². The molecule has 0 unspecified atom stereocenters. The van der Waals surface area contributed by atoms with Crippen LogP contribution in [-0.2, 0) is 0 Å². The van der Waals surface area contributed by atoms with Crippen LogP contribution in [0.4, 0.5) is 0 Å². The highest BCUT2D eigenvalue weighted by Gasteiger charge is 2.30. The van der Waals surface area contributed by atoms with E-state index in [1.807, 2.05) is 24.0 Å². The fraction of sp³-hybridized carbons (Fsp3) is 0.438. The van der Waals surface area contributed by atoms with Gasteiger partial charge in [-0.05, 0) is 31.9 Å². The highest BCUT2D eigenvalue weighted by Crippen LogP contribution is 2.31. The second-order valence-corrected chi connectivity index (χ2v) is 5.48. The smallest absolute Gasteiger partial charge is 0.256 e. The molecule has 1 saturated heterocycles. The molecule has 2 aromatic heterocycles. The van der Waals surface area contributed by atoms with Gasteiger partial charge in [0.05, 0.1) is 17.3 Å². The predicted molar refractivity (Wildman–Crippen MR) is 77.7 cm³/mol. The number of carbonyl (C=O) groups excluding carboxylic acids is 1. The number of pyridine rings is 1. The van der Waals surface area contributed by atoms with Crippen molar-refractivity contribution in [2.45, 2.75) is 38.6 Å². The van der Waals surface area contributed by atoms with Gasteiger partial charge in [0.1, 0.15) is 0 Å². The highest BCUT2D eigenvalue weighted by atomic mass is 16.5. The van der Waals surface area contributed by atoms with Crippen LogP contribution >= 0.6 is 0 Å². The molecule has 5 heteroatoms. The van der Waals surface area contributed by atoms with E-state index in [-0.39, 0.29) is 11.9 Å². The van der Waals surface area contributed by atoms with E-state index >= 15 is 0 Å². The van der Waals surface area contributed by atoms with E-state index < -0.39 is 0 Å². The molecular formula is C16H19N3O2. The standard InChI is InChI=1S/C16H19N3O2/c1-12-10-15(21-18-12)14-7-3-2-4-9-19(14)16(20)13-6-5-8-17-11-13/h5-6,8,10-11,14H,2-4,7,9H2,1H3/t14-/m0/s1. The lowest BCUT2D eigenvalue weighted by atomic mass is 10.1. The van der Waals surface area contributed by atoms with Crippen molar-refractivity contribution in [2.75, 3.05) is 6.54 Å². The highest BCUT2D eigenvalue weighted by molar-refractivity contribution is 5.94. The van der Waals surface area contributed by atoms with Gasteiger partial charge in [0.15, 0.2) is 5.76 Å². The molecule has 0 saturated carbocycles. The van der Waals surface area contributed by atoms with Gasteiger partial charge in [-0.2, -0.15) is 0 Å². The molecule has 0 radical (unpaired) electrons. The molecule has 1 aliphatic heterocycles. The monoisotopic (exact) mass is 285 g/mol. The average Bonchev–Trinajstić information content (AvgIpc) is 2.80. The molecular weight excluding hydrogens is 266 g/mol. The first-order valence-corrected chi connectivity index (χ1v) is 7.40. The number of likely N-dealkylation sites (tertiary alicyclic amines) is 1. The number of nitrogens with zero attached hydrogens (tertiary/aromatic N) is 3. The van der Waals surface area contributed by atoms with Crippen LogP contribution in [0.5, 0.6) is 0 Å². The number of aromatic nitrogens is 2. The maximum absolute atomic E-state index is 12.8. The zero-order valence-electron chi connectivity index (χ0n) is 12.2. The molecule has 3 heterocycles. The van der Waals surface area contributed by atoms with Gasteiger partial charge in [0.25, 0.3) is 5.91 Å². The predicted octanol–water partition coefficient (Wildman–Crippen LogP) is 3.14. The number of amides is 1. The van der Waals surface area contributed by atoms with Crippen LogP contribution in [0.3, 0.4) is 0 Å². The summed E-state index contributed by atoms with van der Waals surface area (Å²) in [6, 6.07) is 5.50. The third-order valence-corrected chi connectivity index (χ3v) is 3.90. The van der Waals surface area contributed by atoms with Crippen LogP contribution < -0.4 is 0 Å². The minimum Gasteiger partial charge on any atom is -0.359 e. The molecule has 0 spiro atoms. The van der Waals surface area contributed by atoms with E-state index in [0.717, 1.165) is 43.7 Å². The number of carbonyl (C=O) groups is 1. The molecule has 1 atom stereocenters. The molecule has 2 aromatic rings. The van der Waals surface area contributed by atoms with Gasteiger partial charge in [0, 0.05) is 25.0 Å². The fourth-order valence-electron chi connectivity index (χ4n) is 2.84. The van der Waals surface area contributed by atoms with Gasteiger partial charge < -0.3 is 9.42 Å². The third kappa shape index (κ3) is 2.96. The molecule has 0 aromatic carbocycles. The summed E-state index contributed by atoms with van der Waals surface area (Å²) in [5.41, 5.74) is 1.48. The number of hydrogen-bond acceptors (Lipinski definition) is 4. The molecule has 0 bridgehead atoms. The largest absolute Gasteiger partial charge is 0.359 e. The van der Waals surface area contributed by atoms with Crippen molar-refractivity contribution in [3.63, 3.8) is 0 Å². The summed E-state index contributed by atoms with van der Waals surface area (Å²) in [4.78, 5) is 18.7. The first-order valence-electron chi connectivity index (χ1n) is 7.40. The van der Waals surface area contributed by atoms with E-state index in [1.54, 1.807) is 18.5 Å². The van der Waals surface area contributed by atoms with Gasteiger partial charge in [-0.3, -0.25) is 9.78 Å². The van der Waals surface area contributed by atoms with Gasteiger partial charge >= 0.3 is 0 Å². The number of hydrogen-bond donors (Lipinski definition) is 0. The minimum atomic E-state index is -0.0265. The Morgan fingerprint density at radius 3 is 3.00 bits per heavy atom. The van der Waals surface area contributed by atoms with Gasteiger partial charge in [-0.15, -0.1) is 0 Å². The molecule has 1 fully saturated rings. The first-order chi connectivity index (χ1) is 10.3.